The SMILES string of the molecule is COc1cc(C2Oc3cc(O)cc(OC4OC(CO)C(O)C(O)C4O)c3C=C2OC2OC(COC(=O)C=Cc3ccc(O)cc3)C(O)C(O)C2O)cc(OC)c1O. The Labute approximate surface area is 323 Å². The number of rotatable bonds is 12. The topological polar surface area (TPSA) is 293 Å². The zero-order chi connectivity index (χ0) is 41.1. The summed E-state index contributed by atoms with van der Waals surface area (Å²) in [6, 6.07) is 11.0. The van der Waals surface area contributed by atoms with Crippen molar-refractivity contribution in [2.45, 2.75) is 67.5 Å². The molecule has 19 heteroatoms. The molecule has 0 bridgehead atoms. The van der Waals surface area contributed by atoms with E-state index in [1.54, 1.807) is 12.1 Å². The van der Waals surface area contributed by atoms with Crippen LogP contribution in [0.5, 0.6) is 40.2 Å². The summed E-state index contributed by atoms with van der Waals surface area (Å²) in [7, 11) is 2.58. The quantitative estimate of drug-likeness (QED) is 0.0820. The number of carbonyl (C=O) groups excluding carboxylic acids is 1. The van der Waals surface area contributed by atoms with Crippen molar-refractivity contribution >= 4 is 18.1 Å². The molecule has 3 aromatic carbocycles. The minimum absolute atomic E-state index is 0.0328. The minimum atomic E-state index is -1.90. The molecule has 0 amide bonds. The van der Waals surface area contributed by atoms with Gasteiger partial charge >= 0.3 is 5.97 Å². The molecular formula is C38H42O19. The van der Waals surface area contributed by atoms with Gasteiger partial charge in [-0.3, -0.25) is 0 Å². The third kappa shape index (κ3) is 8.81. The van der Waals surface area contributed by atoms with Crippen molar-refractivity contribution in [2.24, 2.45) is 0 Å². The smallest absolute Gasteiger partial charge is 0.330 e. The number of phenols is 3. The van der Waals surface area contributed by atoms with Crippen LogP contribution in [0.2, 0.25) is 0 Å². The normalized spacial score (nSPS) is 29.8. The molecule has 0 aromatic heterocycles. The molecule has 2 fully saturated rings. The van der Waals surface area contributed by atoms with Crippen LogP contribution >= 0.6 is 0 Å². The van der Waals surface area contributed by atoms with E-state index in [0.29, 0.717) is 5.56 Å². The van der Waals surface area contributed by atoms with Gasteiger partial charge < -0.3 is 89.0 Å². The van der Waals surface area contributed by atoms with E-state index in [-0.39, 0.29) is 51.4 Å². The van der Waals surface area contributed by atoms with E-state index in [4.69, 9.17) is 37.9 Å². The lowest BCUT2D eigenvalue weighted by molar-refractivity contribution is -0.294. The maximum Gasteiger partial charge on any atom is 0.330 e. The largest absolute Gasteiger partial charge is 0.508 e. The Hall–Kier alpha value is -5.35. The van der Waals surface area contributed by atoms with Crippen LogP contribution in [0.4, 0.5) is 0 Å². The molecule has 0 radical (unpaired) electrons. The van der Waals surface area contributed by atoms with Crippen molar-refractivity contribution in [1.29, 1.82) is 0 Å². The molecular weight excluding hydrogens is 760 g/mol. The first-order valence-electron chi connectivity index (χ1n) is 17.4. The number of aliphatic hydroxyl groups excluding tert-OH is 7. The number of aliphatic hydroxyl groups is 7. The third-order valence-corrected chi connectivity index (χ3v) is 9.39. The molecule has 3 aliphatic rings. The van der Waals surface area contributed by atoms with E-state index in [0.717, 1.165) is 12.1 Å². The monoisotopic (exact) mass is 802 g/mol. The fourth-order valence-corrected chi connectivity index (χ4v) is 6.26. The molecule has 3 heterocycles. The molecule has 308 valence electrons. The molecule has 0 saturated carbocycles. The van der Waals surface area contributed by atoms with Gasteiger partial charge in [-0.1, -0.05) is 12.1 Å². The highest BCUT2D eigenvalue weighted by atomic mass is 16.7. The predicted molar refractivity (Wildman–Crippen MR) is 191 cm³/mol. The summed E-state index contributed by atoms with van der Waals surface area (Å²) >= 11 is 0. The van der Waals surface area contributed by atoms with Crippen LogP contribution in [0.3, 0.4) is 0 Å². The number of carbonyl (C=O) groups is 1. The van der Waals surface area contributed by atoms with Gasteiger partial charge in [0, 0.05) is 23.8 Å². The Morgan fingerprint density at radius 2 is 1.32 bits per heavy atom. The van der Waals surface area contributed by atoms with Gasteiger partial charge in [0.25, 0.3) is 0 Å². The van der Waals surface area contributed by atoms with Crippen LogP contribution in [0.25, 0.3) is 12.2 Å². The molecule has 0 spiro atoms. The molecule has 3 aliphatic heterocycles. The molecule has 11 unspecified atom stereocenters. The lowest BCUT2D eigenvalue weighted by Crippen LogP contribution is -2.60. The van der Waals surface area contributed by atoms with Crippen molar-refractivity contribution in [3.8, 4) is 40.2 Å². The molecule has 19 nitrogen and oxygen atoms in total. The number of ether oxygens (including phenoxy) is 8. The fourth-order valence-electron chi connectivity index (χ4n) is 6.26. The van der Waals surface area contributed by atoms with Gasteiger partial charge in [-0.15, -0.1) is 0 Å². The highest BCUT2D eigenvalue weighted by Gasteiger charge is 2.48. The van der Waals surface area contributed by atoms with E-state index in [9.17, 15) is 55.9 Å². The average Bonchev–Trinajstić information content (AvgIpc) is 3.20. The van der Waals surface area contributed by atoms with E-state index in [1.807, 2.05) is 0 Å². The maximum atomic E-state index is 12.5. The zero-order valence-electron chi connectivity index (χ0n) is 30.3. The van der Waals surface area contributed by atoms with Crippen molar-refractivity contribution in [2.75, 3.05) is 27.4 Å². The van der Waals surface area contributed by atoms with E-state index >= 15 is 0 Å². The van der Waals surface area contributed by atoms with Gasteiger partial charge in [0.1, 0.15) is 84.2 Å². The third-order valence-electron chi connectivity index (χ3n) is 9.39. The summed E-state index contributed by atoms with van der Waals surface area (Å²) in [6.45, 7) is -1.35. The van der Waals surface area contributed by atoms with E-state index in [1.165, 1.54) is 56.7 Å². The molecule has 57 heavy (non-hydrogen) atoms. The Balaban J connectivity index is 1.32. The van der Waals surface area contributed by atoms with Gasteiger partial charge in [0.05, 0.1) is 26.4 Å². The molecule has 0 aliphatic carbocycles. The molecule has 10 N–H and O–H groups in total. The summed E-state index contributed by atoms with van der Waals surface area (Å²) in [5, 5.41) is 104. The van der Waals surface area contributed by atoms with Gasteiger partial charge in [-0.2, -0.15) is 0 Å². The maximum absolute atomic E-state index is 12.5. The van der Waals surface area contributed by atoms with Crippen molar-refractivity contribution in [3.05, 3.63) is 77.1 Å². The van der Waals surface area contributed by atoms with Gasteiger partial charge in [-0.25, -0.2) is 4.79 Å². The summed E-state index contributed by atoms with van der Waals surface area (Å²) in [5.74, 6) is -2.11. The van der Waals surface area contributed by atoms with Crippen LogP contribution in [0.1, 0.15) is 22.8 Å². The van der Waals surface area contributed by atoms with Gasteiger partial charge in [0.2, 0.25) is 18.3 Å². The average molecular weight is 803 g/mol. The van der Waals surface area contributed by atoms with Crippen LogP contribution < -0.4 is 18.9 Å². The van der Waals surface area contributed by atoms with E-state index < -0.39 is 92.4 Å². The van der Waals surface area contributed by atoms with Crippen molar-refractivity contribution in [1.82, 2.24) is 0 Å². The molecule has 2 saturated heterocycles. The Morgan fingerprint density at radius 1 is 0.719 bits per heavy atom. The number of hydrogen-bond acceptors (Lipinski definition) is 19. The highest BCUT2D eigenvalue weighted by Crippen LogP contribution is 2.48. The number of hydrogen-bond donors (Lipinski definition) is 10. The van der Waals surface area contributed by atoms with E-state index in [2.05, 4.69) is 0 Å². The number of benzene rings is 3. The van der Waals surface area contributed by atoms with Crippen LogP contribution in [-0.2, 0) is 23.7 Å². The number of aromatic hydroxyl groups is 3. The zero-order valence-corrected chi connectivity index (χ0v) is 30.3. The lowest BCUT2D eigenvalue weighted by atomic mass is 9.98. The fraction of sp³-hybridized carbons (Fsp3) is 0.395. The second kappa shape index (κ2) is 17.4. The number of esters is 1. The number of phenolic OH excluding ortho intramolecular Hbond substituents is 3. The van der Waals surface area contributed by atoms with Gasteiger partial charge in [0.15, 0.2) is 17.6 Å². The second-order valence-corrected chi connectivity index (χ2v) is 13.2. The van der Waals surface area contributed by atoms with Crippen molar-refractivity contribution < 1.29 is 93.8 Å². The van der Waals surface area contributed by atoms with Gasteiger partial charge in [-0.05, 0) is 42.0 Å². The standard InChI is InChI=1S/C38H42O19/c1-50-23-9-17(10-24(51-2)29(23)43)36-25(13-20-21(53-36)11-19(41)12-22(20)54-37-34(48)32(46)30(44)26(14-39)56-37)55-38-35(49)33(47)31(45)27(57-38)15-52-28(42)8-5-16-3-6-18(40)7-4-16/h3-13,26-27,30-41,43-49H,14-15H2,1-2H3. The first-order chi connectivity index (χ1) is 27.2. The van der Waals surface area contributed by atoms with Crippen molar-refractivity contribution in [3.63, 3.8) is 0 Å². The minimum Gasteiger partial charge on any atom is -0.508 e. The Bertz CT molecular complexity index is 1920. The Kier molecular flexibility index (Phi) is 12.6. The highest BCUT2D eigenvalue weighted by molar-refractivity contribution is 5.87. The first kappa shape index (κ1) is 41.3. The summed E-state index contributed by atoms with van der Waals surface area (Å²) in [6.07, 6.45) is -14.6. The predicted octanol–water partition coefficient (Wildman–Crippen LogP) is -0.445. The summed E-state index contributed by atoms with van der Waals surface area (Å²) in [5.41, 5.74) is 0.825. The van der Waals surface area contributed by atoms with Crippen LogP contribution in [0.15, 0.2) is 60.4 Å². The number of fused-ring (bicyclic) bond motifs is 1. The second-order valence-electron chi connectivity index (χ2n) is 13.2. The molecule has 11 atom stereocenters. The van der Waals surface area contributed by atoms with Crippen LogP contribution in [-0.4, -0.2) is 146 Å². The lowest BCUT2D eigenvalue weighted by Gasteiger charge is -2.41. The molecule has 6 rings (SSSR count). The summed E-state index contributed by atoms with van der Waals surface area (Å²) in [4.78, 5) is 12.5. The summed E-state index contributed by atoms with van der Waals surface area (Å²) < 4.78 is 45.5. The van der Waals surface area contributed by atoms with Crippen LogP contribution in [0, 0.1) is 0 Å². The number of methoxy groups -OCH3 is 2. The Morgan fingerprint density at radius 3 is 1.93 bits per heavy atom. The first-order valence-corrected chi connectivity index (χ1v) is 17.4. The molecule has 3 aromatic rings.